The fourth-order valence-electron chi connectivity index (χ4n) is 2.70. The lowest BCUT2D eigenvalue weighted by Crippen LogP contribution is -2.33. The first-order valence-electron chi connectivity index (χ1n) is 9.18. The van der Waals surface area contributed by atoms with Crippen LogP contribution in [0, 0.1) is 6.92 Å². The van der Waals surface area contributed by atoms with Crippen LogP contribution in [-0.2, 0) is 4.79 Å². The lowest BCUT2D eigenvalue weighted by Gasteiger charge is -2.13. The Morgan fingerprint density at radius 3 is 2.64 bits per heavy atom. The molecular formula is C21H23ClN4OS. The molecule has 1 N–H and O–H groups in total. The Balaban J connectivity index is 1.94. The van der Waals surface area contributed by atoms with Crippen LogP contribution in [0.2, 0.25) is 5.02 Å². The van der Waals surface area contributed by atoms with Crippen molar-refractivity contribution >= 4 is 29.3 Å². The van der Waals surface area contributed by atoms with Crippen LogP contribution in [-0.4, -0.2) is 32.5 Å². The number of nitrogens with one attached hydrogen (secondary N) is 1. The summed E-state index contributed by atoms with van der Waals surface area (Å²) in [7, 11) is 0. The second-order valence-electron chi connectivity index (χ2n) is 6.65. The molecule has 0 saturated carbocycles. The van der Waals surface area contributed by atoms with Crippen molar-refractivity contribution in [2.45, 2.75) is 38.4 Å². The second-order valence-corrected chi connectivity index (χ2v) is 8.03. The van der Waals surface area contributed by atoms with Crippen LogP contribution in [0.1, 0.15) is 25.8 Å². The maximum absolute atomic E-state index is 12.2. The van der Waals surface area contributed by atoms with E-state index in [1.54, 1.807) is 0 Å². The molecule has 0 spiro atoms. The van der Waals surface area contributed by atoms with Crippen molar-refractivity contribution < 1.29 is 4.79 Å². The molecule has 3 aromatic rings. The number of thioether (sulfide) groups is 1. The zero-order valence-corrected chi connectivity index (χ0v) is 17.7. The number of benzene rings is 2. The number of nitrogens with zero attached hydrogens (tertiary/aromatic N) is 3. The molecule has 0 aliphatic rings. The van der Waals surface area contributed by atoms with Gasteiger partial charge in [-0.25, -0.2) is 0 Å². The molecular weight excluding hydrogens is 392 g/mol. The highest BCUT2D eigenvalue weighted by Gasteiger charge is 2.18. The molecule has 1 heterocycles. The normalized spacial score (nSPS) is 12.0. The Bertz CT molecular complexity index is 955. The van der Waals surface area contributed by atoms with E-state index < -0.39 is 0 Å². The van der Waals surface area contributed by atoms with E-state index in [9.17, 15) is 4.79 Å². The minimum atomic E-state index is -0.00816. The minimum Gasteiger partial charge on any atom is -0.353 e. The zero-order chi connectivity index (χ0) is 20.1. The predicted octanol–water partition coefficient (Wildman–Crippen LogP) is 4.90. The predicted molar refractivity (Wildman–Crippen MR) is 115 cm³/mol. The van der Waals surface area contributed by atoms with Gasteiger partial charge in [-0.05, 0) is 62.2 Å². The molecule has 1 aromatic heterocycles. The summed E-state index contributed by atoms with van der Waals surface area (Å²) in [5.41, 5.74) is 3.01. The highest BCUT2D eigenvalue weighted by atomic mass is 35.5. The van der Waals surface area contributed by atoms with Crippen molar-refractivity contribution in [1.29, 1.82) is 0 Å². The van der Waals surface area contributed by atoms with Gasteiger partial charge in [-0.1, -0.05) is 42.4 Å². The lowest BCUT2D eigenvalue weighted by atomic mass is 10.2. The molecule has 2 aromatic carbocycles. The van der Waals surface area contributed by atoms with Crippen LogP contribution >= 0.6 is 23.4 Å². The van der Waals surface area contributed by atoms with Gasteiger partial charge in [0.1, 0.15) is 0 Å². The number of hydrogen-bond donors (Lipinski definition) is 1. The molecule has 0 aliphatic heterocycles. The monoisotopic (exact) mass is 414 g/mol. The van der Waals surface area contributed by atoms with Crippen LogP contribution in [0.5, 0.6) is 0 Å². The molecule has 3 rings (SSSR count). The number of aryl methyl sites for hydroxylation is 1. The Kier molecular flexibility index (Phi) is 6.75. The second kappa shape index (κ2) is 9.26. The third-order valence-electron chi connectivity index (χ3n) is 4.35. The van der Waals surface area contributed by atoms with E-state index in [1.165, 1.54) is 11.8 Å². The number of rotatable bonds is 7. The van der Waals surface area contributed by atoms with Crippen LogP contribution in [0.15, 0.2) is 53.7 Å². The lowest BCUT2D eigenvalue weighted by molar-refractivity contribution is -0.119. The molecule has 1 atom stereocenters. The number of hydrogen-bond acceptors (Lipinski definition) is 4. The molecule has 7 heteroatoms. The average Bonchev–Trinajstić information content (AvgIpc) is 3.11. The topological polar surface area (TPSA) is 59.8 Å². The molecule has 146 valence electrons. The van der Waals surface area contributed by atoms with Crippen LogP contribution < -0.4 is 5.32 Å². The van der Waals surface area contributed by atoms with E-state index in [-0.39, 0.29) is 17.7 Å². The van der Waals surface area contributed by atoms with Crippen LogP contribution in [0.25, 0.3) is 17.1 Å². The summed E-state index contributed by atoms with van der Waals surface area (Å²) in [6.07, 6.45) is 0.899. The van der Waals surface area contributed by atoms with Gasteiger partial charge in [-0.2, -0.15) is 0 Å². The Morgan fingerprint density at radius 1 is 1.21 bits per heavy atom. The van der Waals surface area contributed by atoms with E-state index in [1.807, 2.05) is 67.8 Å². The Hall–Kier alpha value is -2.31. The summed E-state index contributed by atoms with van der Waals surface area (Å²) >= 11 is 7.41. The quantitative estimate of drug-likeness (QED) is 0.558. The van der Waals surface area contributed by atoms with Gasteiger partial charge in [0.15, 0.2) is 11.0 Å². The third kappa shape index (κ3) is 4.94. The summed E-state index contributed by atoms with van der Waals surface area (Å²) in [6.45, 7) is 6.09. The number of halogens is 1. The van der Waals surface area contributed by atoms with Gasteiger partial charge in [0, 0.05) is 22.3 Å². The highest BCUT2D eigenvalue weighted by Crippen LogP contribution is 2.29. The fourth-order valence-corrected chi connectivity index (χ4v) is 3.59. The third-order valence-corrected chi connectivity index (χ3v) is 5.53. The Morgan fingerprint density at radius 2 is 1.96 bits per heavy atom. The van der Waals surface area contributed by atoms with Crippen molar-refractivity contribution in [2.75, 3.05) is 5.75 Å². The van der Waals surface area contributed by atoms with Gasteiger partial charge in [0.25, 0.3) is 0 Å². The van der Waals surface area contributed by atoms with Crippen molar-refractivity contribution in [3.8, 4) is 17.1 Å². The number of aromatic nitrogens is 3. The summed E-state index contributed by atoms with van der Waals surface area (Å²) in [6, 6.07) is 15.8. The van der Waals surface area contributed by atoms with E-state index in [4.69, 9.17) is 11.6 Å². The molecule has 0 fully saturated rings. The maximum Gasteiger partial charge on any atom is 0.230 e. The first-order chi connectivity index (χ1) is 13.5. The van der Waals surface area contributed by atoms with Gasteiger partial charge in [0.2, 0.25) is 5.91 Å². The SMILES string of the molecule is CCC(C)NC(=O)CSc1nnc(-c2ccc(Cl)cc2)n1-c1cccc(C)c1. The molecule has 1 amide bonds. The van der Waals surface area contributed by atoms with E-state index >= 15 is 0 Å². The van der Waals surface area contributed by atoms with Gasteiger partial charge in [0.05, 0.1) is 5.75 Å². The van der Waals surface area contributed by atoms with Crippen molar-refractivity contribution in [2.24, 2.45) is 0 Å². The molecule has 0 saturated heterocycles. The minimum absolute atomic E-state index is 0.00816. The molecule has 0 bridgehead atoms. The van der Waals surface area contributed by atoms with E-state index in [2.05, 4.69) is 21.6 Å². The van der Waals surface area contributed by atoms with Gasteiger partial charge in [-0.15, -0.1) is 10.2 Å². The summed E-state index contributed by atoms with van der Waals surface area (Å²) < 4.78 is 1.98. The summed E-state index contributed by atoms with van der Waals surface area (Å²) in [4.78, 5) is 12.2. The molecule has 5 nitrogen and oxygen atoms in total. The first-order valence-corrected chi connectivity index (χ1v) is 10.5. The van der Waals surface area contributed by atoms with Crippen molar-refractivity contribution in [1.82, 2.24) is 20.1 Å². The average molecular weight is 415 g/mol. The smallest absolute Gasteiger partial charge is 0.230 e. The molecule has 1 unspecified atom stereocenters. The van der Waals surface area contributed by atoms with Gasteiger partial charge in [-0.3, -0.25) is 9.36 Å². The summed E-state index contributed by atoms with van der Waals surface area (Å²) in [5, 5.41) is 13.1. The van der Waals surface area contributed by atoms with E-state index in [0.29, 0.717) is 16.0 Å². The standard InChI is InChI=1S/C21H23ClN4OS/c1-4-15(3)23-19(27)13-28-21-25-24-20(16-8-10-17(22)11-9-16)26(21)18-7-5-6-14(2)12-18/h5-12,15H,4,13H2,1-3H3,(H,23,27). The van der Waals surface area contributed by atoms with Crippen molar-refractivity contribution in [3.63, 3.8) is 0 Å². The van der Waals surface area contributed by atoms with Crippen molar-refractivity contribution in [3.05, 3.63) is 59.1 Å². The summed E-state index contributed by atoms with van der Waals surface area (Å²) in [5.74, 6) is 0.993. The largest absolute Gasteiger partial charge is 0.353 e. The van der Waals surface area contributed by atoms with Crippen LogP contribution in [0.3, 0.4) is 0 Å². The molecule has 28 heavy (non-hydrogen) atoms. The fraction of sp³-hybridized carbons (Fsp3) is 0.286. The molecule has 0 aliphatic carbocycles. The van der Waals surface area contributed by atoms with Crippen LogP contribution in [0.4, 0.5) is 0 Å². The van der Waals surface area contributed by atoms with Gasteiger partial charge >= 0.3 is 0 Å². The van der Waals surface area contributed by atoms with E-state index in [0.717, 1.165) is 23.2 Å². The number of carbonyl (C=O) groups excluding carboxylic acids is 1. The number of carbonyl (C=O) groups is 1. The molecule has 0 radical (unpaired) electrons. The Labute approximate surface area is 174 Å². The maximum atomic E-state index is 12.2. The van der Waals surface area contributed by atoms with Gasteiger partial charge < -0.3 is 5.32 Å². The first kappa shape index (κ1) is 20.4. The number of amides is 1. The zero-order valence-electron chi connectivity index (χ0n) is 16.1. The highest BCUT2D eigenvalue weighted by molar-refractivity contribution is 7.99.